The Morgan fingerprint density at radius 2 is 1.70 bits per heavy atom. The average Bonchev–Trinajstić information content (AvgIpc) is 2.71. The maximum Gasteiger partial charge on any atom is 0.573 e. The molecule has 2 aromatic rings. The van der Waals surface area contributed by atoms with Gasteiger partial charge in [0.15, 0.2) is 0 Å². The number of nitrogens with one attached hydrogen (secondary N) is 1. The number of piperazine rings is 1. The molecule has 1 aliphatic rings. The zero-order chi connectivity index (χ0) is 21.6. The summed E-state index contributed by atoms with van der Waals surface area (Å²) in [4.78, 5) is 12.2. The second kappa shape index (κ2) is 9.58. The van der Waals surface area contributed by atoms with E-state index in [0.717, 1.165) is 38.3 Å². The maximum absolute atomic E-state index is 12.5. The van der Waals surface area contributed by atoms with E-state index >= 15 is 0 Å². The summed E-state index contributed by atoms with van der Waals surface area (Å²) in [6.07, 6.45) is -1.07. The van der Waals surface area contributed by atoms with E-state index in [4.69, 9.17) is 0 Å². The fourth-order valence-electron chi connectivity index (χ4n) is 3.09. The van der Waals surface area contributed by atoms with E-state index in [9.17, 15) is 21.6 Å². The van der Waals surface area contributed by atoms with Crippen molar-refractivity contribution in [1.29, 1.82) is 0 Å². The molecule has 2 heterocycles. The van der Waals surface area contributed by atoms with E-state index in [0.29, 0.717) is 18.9 Å². The lowest BCUT2D eigenvalue weighted by Crippen LogP contribution is -2.47. The first-order valence-electron chi connectivity index (χ1n) is 9.33. The van der Waals surface area contributed by atoms with Gasteiger partial charge in [0, 0.05) is 45.1 Å². The molecule has 8 nitrogen and oxygen atoms in total. The van der Waals surface area contributed by atoms with Crippen LogP contribution in [-0.4, -0.2) is 68.9 Å². The number of anilines is 1. The molecule has 164 valence electrons. The molecule has 0 amide bonds. The normalized spacial score (nSPS) is 15.9. The molecule has 0 aliphatic carbocycles. The van der Waals surface area contributed by atoms with Crippen LogP contribution in [0.2, 0.25) is 0 Å². The van der Waals surface area contributed by atoms with Gasteiger partial charge in [-0.25, -0.2) is 23.1 Å². The molecule has 1 fully saturated rings. The summed E-state index contributed by atoms with van der Waals surface area (Å²) < 4.78 is 68.5. The van der Waals surface area contributed by atoms with Crippen molar-refractivity contribution < 1.29 is 26.3 Å². The van der Waals surface area contributed by atoms with Gasteiger partial charge in [-0.15, -0.1) is 13.2 Å². The highest BCUT2D eigenvalue weighted by molar-refractivity contribution is 7.89. The molecule has 12 heteroatoms. The van der Waals surface area contributed by atoms with Gasteiger partial charge < -0.3 is 9.64 Å². The number of benzene rings is 1. The lowest BCUT2D eigenvalue weighted by Gasteiger charge is -2.34. The van der Waals surface area contributed by atoms with E-state index in [1.165, 1.54) is 12.1 Å². The van der Waals surface area contributed by atoms with Crippen molar-refractivity contribution in [2.45, 2.75) is 17.7 Å². The Morgan fingerprint density at radius 3 is 2.37 bits per heavy atom. The second-order valence-electron chi connectivity index (χ2n) is 6.62. The lowest BCUT2D eigenvalue weighted by molar-refractivity contribution is -0.275. The van der Waals surface area contributed by atoms with Gasteiger partial charge in [-0.1, -0.05) is 12.1 Å². The standard InChI is InChI=1S/C18H22F3N5O3S/c19-18(20,21)29-15-5-1-2-6-16(15)30(27,28)24-9-4-10-25-11-13-26(14-12-25)17-22-7-3-8-23-17/h1-3,5-8,24H,4,9-14H2. The number of alkyl halides is 3. The Labute approximate surface area is 172 Å². The van der Waals surface area contributed by atoms with Crippen molar-refractivity contribution in [2.75, 3.05) is 44.2 Å². The van der Waals surface area contributed by atoms with Crippen LogP contribution in [0, 0.1) is 0 Å². The maximum atomic E-state index is 12.5. The molecule has 1 N–H and O–H groups in total. The van der Waals surface area contributed by atoms with Crippen LogP contribution in [0.1, 0.15) is 6.42 Å². The van der Waals surface area contributed by atoms with Gasteiger partial charge in [-0.3, -0.25) is 4.90 Å². The molecule has 3 rings (SSSR count). The van der Waals surface area contributed by atoms with E-state index in [1.807, 2.05) is 0 Å². The van der Waals surface area contributed by atoms with Gasteiger partial charge in [0.05, 0.1) is 0 Å². The Morgan fingerprint density at radius 1 is 1.03 bits per heavy atom. The lowest BCUT2D eigenvalue weighted by atomic mass is 10.3. The molecule has 0 saturated carbocycles. The molecular formula is C18H22F3N5O3S. The second-order valence-corrected chi connectivity index (χ2v) is 8.36. The Balaban J connectivity index is 1.46. The fraction of sp³-hybridized carbons (Fsp3) is 0.444. The number of aromatic nitrogens is 2. The summed E-state index contributed by atoms with van der Waals surface area (Å²) in [7, 11) is -4.13. The number of nitrogens with zero attached hydrogens (tertiary/aromatic N) is 4. The molecule has 1 aromatic carbocycles. The summed E-state index contributed by atoms with van der Waals surface area (Å²) in [5, 5.41) is 0. The third-order valence-electron chi connectivity index (χ3n) is 4.51. The average molecular weight is 445 g/mol. The van der Waals surface area contributed by atoms with Gasteiger partial charge in [0.25, 0.3) is 0 Å². The minimum absolute atomic E-state index is 0.102. The minimum Gasteiger partial charge on any atom is -0.404 e. The van der Waals surface area contributed by atoms with E-state index in [2.05, 4.69) is 29.2 Å². The number of hydrogen-bond donors (Lipinski definition) is 1. The first-order valence-corrected chi connectivity index (χ1v) is 10.8. The van der Waals surface area contributed by atoms with Crippen molar-refractivity contribution in [1.82, 2.24) is 19.6 Å². The van der Waals surface area contributed by atoms with E-state index < -0.39 is 27.0 Å². The molecule has 0 radical (unpaired) electrons. The Bertz CT molecular complexity index is 920. The predicted molar refractivity (Wildman–Crippen MR) is 104 cm³/mol. The topological polar surface area (TPSA) is 87.7 Å². The molecular weight excluding hydrogens is 423 g/mol. The zero-order valence-electron chi connectivity index (χ0n) is 16.0. The van der Waals surface area contributed by atoms with Crippen LogP contribution in [0.25, 0.3) is 0 Å². The molecule has 1 aliphatic heterocycles. The number of halogens is 3. The first-order chi connectivity index (χ1) is 14.2. The summed E-state index contributed by atoms with van der Waals surface area (Å²) in [6.45, 7) is 3.85. The van der Waals surface area contributed by atoms with Crippen molar-refractivity contribution in [3.8, 4) is 5.75 Å². The van der Waals surface area contributed by atoms with Crippen molar-refractivity contribution >= 4 is 16.0 Å². The number of para-hydroxylation sites is 1. The largest absolute Gasteiger partial charge is 0.573 e. The molecule has 0 bridgehead atoms. The van der Waals surface area contributed by atoms with Gasteiger partial charge >= 0.3 is 6.36 Å². The third-order valence-corrected chi connectivity index (χ3v) is 6.02. The van der Waals surface area contributed by atoms with Crippen molar-refractivity contribution in [3.05, 3.63) is 42.7 Å². The highest BCUT2D eigenvalue weighted by atomic mass is 32.2. The predicted octanol–water partition coefficient (Wildman–Crippen LogP) is 1.87. The Kier molecular flexibility index (Phi) is 7.10. The number of ether oxygens (including phenoxy) is 1. The molecule has 30 heavy (non-hydrogen) atoms. The van der Waals surface area contributed by atoms with Gasteiger partial charge in [0.1, 0.15) is 10.6 Å². The molecule has 1 aromatic heterocycles. The van der Waals surface area contributed by atoms with E-state index in [1.54, 1.807) is 18.5 Å². The van der Waals surface area contributed by atoms with Crippen LogP contribution < -0.4 is 14.4 Å². The quantitative estimate of drug-likeness (QED) is 0.621. The highest BCUT2D eigenvalue weighted by Crippen LogP contribution is 2.29. The summed E-state index contributed by atoms with van der Waals surface area (Å²) >= 11 is 0. The number of hydrogen-bond acceptors (Lipinski definition) is 7. The van der Waals surface area contributed by atoms with Crippen LogP contribution in [-0.2, 0) is 10.0 Å². The van der Waals surface area contributed by atoms with Gasteiger partial charge in [-0.2, -0.15) is 0 Å². The molecule has 0 spiro atoms. The SMILES string of the molecule is O=S(=O)(NCCCN1CCN(c2ncccn2)CC1)c1ccccc1OC(F)(F)F. The number of rotatable bonds is 8. The highest BCUT2D eigenvalue weighted by Gasteiger charge is 2.33. The van der Waals surface area contributed by atoms with Gasteiger partial charge in [-0.05, 0) is 31.2 Å². The first kappa shape index (κ1) is 22.2. The van der Waals surface area contributed by atoms with Gasteiger partial charge in [0.2, 0.25) is 16.0 Å². The minimum atomic E-state index is -4.97. The van der Waals surface area contributed by atoms with Crippen molar-refractivity contribution in [3.63, 3.8) is 0 Å². The molecule has 1 saturated heterocycles. The van der Waals surface area contributed by atoms with Crippen LogP contribution in [0.5, 0.6) is 5.75 Å². The number of sulfonamides is 1. The molecule has 0 unspecified atom stereocenters. The summed E-state index contributed by atoms with van der Waals surface area (Å²) in [5.74, 6) is -0.0681. The fourth-order valence-corrected chi connectivity index (χ4v) is 4.29. The summed E-state index contributed by atoms with van der Waals surface area (Å²) in [6, 6.07) is 6.43. The third kappa shape index (κ3) is 6.28. The Hall–Kier alpha value is -2.44. The monoisotopic (exact) mass is 445 g/mol. The molecule has 0 atom stereocenters. The van der Waals surface area contributed by atoms with Crippen LogP contribution in [0.3, 0.4) is 0 Å². The summed E-state index contributed by atoms with van der Waals surface area (Å²) in [5.41, 5.74) is 0. The van der Waals surface area contributed by atoms with Crippen LogP contribution in [0.15, 0.2) is 47.6 Å². The van der Waals surface area contributed by atoms with Crippen LogP contribution >= 0.6 is 0 Å². The van der Waals surface area contributed by atoms with Crippen molar-refractivity contribution in [2.24, 2.45) is 0 Å². The van der Waals surface area contributed by atoms with E-state index in [-0.39, 0.29) is 6.54 Å². The smallest absolute Gasteiger partial charge is 0.404 e. The zero-order valence-corrected chi connectivity index (χ0v) is 16.9. The van der Waals surface area contributed by atoms with Crippen LogP contribution in [0.4, 0.5) is 19.1 Å².